The lowest BCUT2D eigenvalue weighted by atomic mass is 9.97. The van der Waals surface area contributed by atoms with Gasteiger partial charge in [-0.05, 0) is 50.3 Å². The van der Waals surface area contributed by atoms with Gasteiger partial charge in [0.05, 0.1) is 23.1 Å². The number of amides is 2. The summed E-state index contributed by atoms with van der Waals surface area (Å²) < 4.78 is 32.8. The van der Waals surface area contributed by atoms with Gasteiger partial charge < -0.3 is 15.4 Å². The minimum Gasteiger partial charge on any atom is -0.376 e. The number of benzene rings is 2. The van der Waals surface area contributed by atoms with Crippen LogP contribution >= 0.6 is 0 Å². The lowest BCUT2D eigenvalue weighted by Gasteiger charge is -2.30. The Labute approximate surface area is 207 Å². The molecule has 0 spiro atoms. The van der Waals surface area contributed by atoms with Crippen LogP contribution in [0.3, 0.4) is 0 Å². The van der Waals surface area contributed by atoms with E-state index in [2.05, 4.69) is 10.6 Å². The Balaban J connectivity index is 1.31. The smallest absolute Gasteiger partial charge is 0.253 e. The van der Waals surface area contributed by atoms with E-state index in [1.54, 1.807) is 24.3 Å². The van der Waals surface area contributed by atoms with Crippen LogP contribution in [0.1, 0.15) is 47.2 Å². The molecule has 188 valence electrons. The van der Waals surface area contributed by atoms with E-state index in [4.69, 9.17) is 4.74 Å². The summed E-state index contributed by atoms with van der Waals surface area (Å²) in [7, 11) is -3.45. The predicted octanol–water partition coefficient (Wildman–Crippen LogP) is 3.08. The van der Waals surface area contributed by atoms with Crippen molar-refractivity contribution in [1.29, 1.82) is 0 Å². The zero-order chi connectivity index (χ0) is 24.8. The normalized spacial score (nSPS) is 19.4. The number of hydrogen-bond donors (Lipinski definition) is 2. The van der Waals surface area contributed by atoms with Gasteiger partial charge in [0.2, 0.25) is 15.9 Å². The van der Waals surface area contributed by atoms with E-state index in [-0.39, 0.29) is 29.6 Å². The highest BCUT2D eigenvalue weighted by atomic mass is 32.2. The van der Waals surface area contributed by atoms with E-state index < -0.39 is 10.0 Å². The first-order valence-corrected chi connectivity index (χ1v) is 13.8. The Morgan fingerprint density at radius 1 is 1.06 bits per heavy atom. The topological polar surface area (TPSA) is 105 Å². The van der Waals surface area contributed by atoms with Crippen LogP contribution in [0.5, 0.6) is 0 Å². The maximum Gasteiger partial charge on any atom is 0.253 e. The second-order valence-corrected chi connectivity index (χ2v) is 11.3. The molecular weight excluding hydrogens is 466 g/mol. The minimum absolute atomic E-state index is 0.0353. The largest absolute Gasteiger partial charge is 0.376 e. The first-order valence-electron chi connectivity index (χ1n) is 12.1. The first-order chi connectivity index (χ1) is 16.8. The van der Waals surface area contributed by atoms with Crippen LogP contribution < -0.4 is 10.6 Å². The van der Waals surface area contributed by atoms with Crippen LogP contribution in [0.2, 0.25) is 0 Å². The summed E-state index contributed by atoms with van der Waals surface area (Å²) in [6.07, 6.45) is 2.84. The average molecular weight is 500 g/mol. The van der Waals surface area contributed by atoms with E-state index in [0.29, 0.717) is 43.7 Å². The Kier molecular flexibility index (Phi) is 8.20. The van der Waals surface area contributed by atoms with E-state index in [0.717, 1.165) is 30.6 Å². The van der Waals surface area contributed by atoms with Crippen molar-refractivity contribution in [3.63, 3.8) is 0 Å². The van der Waals surface area contributed by atoms with E-state index in [1.807, 2.05) is 31.2 Å². The monoisotopic (exact) mass is 499 g/mol. The number of carbonyl (C=O) groups is 2. The number of carbonyl (C=O) groups excluding carboxylic acids is 2. The fourth-order valence-electron chi connectivity index (χ4n) is 4.63. The molecule has 2 aliphatic heterocycles. The van der Waals surface area contributed by atoms with Gasteiger partial charge in [-0.3, -0.25) is 9.59 Å². The quantitative estimate of drug-likeness (QED) is 0.581. The molecule has 0 aliphatic carbocycles. The third kappa shape index (κ3) is 6.68. The molecule has 2 fully saturated rings. The summed E-state index contributed by atoms with van der Waals surface area (Å²) in [5, 5.41) is 5.78. The van der Waals surface area contributed by atoms with Crippen LogP contribution in [0, 0.1) is 12.8 Å². The SMILES string of the molecule is Cc1cccc(CS(=O)(=O)N2CCC(C(=O)Nc3ccccc3C(=O)NC[C@H]3CCCO3)CC2)c1. The highest BCUT2D eigenvalue weighted by Crippen LogP contribution is 2.24. The highest BCUT2D eigenvalue weighted by molar-refractivity contribution is 7.88. The van der Waals surface area contributed by atoms with E-state index in [1.165, 1.54) is 4.31 Å². The molecule has 0 aromatic heterocycles. The molecule has 2 N–H and O–H groups in total. The zero-order valence-corrected chi connectivity index (χ0v) is 20.9. The summed E-state index contributed by atoms with van der Waals surface area (Å²) in [5.41, 5.74) is 2.64. The number of ether oxygens (including phenoxy) is 1. The predicted molar refractivity (Wildman–Crippen MR) is 134 cm³/mol. The van der Waals surface area contributed by atoms with Crippen molar-refractivity contribution in [2.45, 2.75) is 44.5 Å². The molecule has 8 nitrogen and oxygen atoms in total. The molecule has 2 saturated heterocycles. The summed E-state index contributed by atoms with van der Waals surface area (Å²) >= 11 is 0. The standard InChI is InChI=1S/C26H33N3O5S/c1-19-6-4-7-20(16-19)18-35(32,33)29-13-11-21(12-14-29)25(30)28-24-10-3-2-9-23(24)26(31)27-17-22-8-5-15-34-22/h2-4,6-7,9-10,16,21-22H,5,8,11-15,17-18H2,1H3,(H,27,31)(H,28,30)/t22-/m1/s1. The van der Waals surface area contributed by atoms with Gasteiger partial charge in [-0.1, -0.05) is 42.0 Å². The van der Waals surface area contributed by atoms with Gasteiger partial charge in [0, 0.05) is 32.2 Å². The molecule has 0 bridgehead atoms. The highest BCUT2D eigenvalue weighted by Gasteiger charge is 2.31. The molecule has 2 heterocycles. The van der Waals surface area contributed by atoms with Gasteiger partial charge in [0.1, 0.15) is 0 Å². The summed E-state index contributed by atoms with van der Waals surface area (Å²) in [4.78, 5) is 25.7. The van der Waals surface area contributed by atoms with Crippen molar-refractivity contribution >= 4 is 27.5 Å². The van der Waals surface area contributed by atoms with Crippen molar-refractivity contribution < 1.29 is 22.7 Å². The fourth-order valence-corrected chi connectivity index (χ4v) is 6.18. The maximum absolute atomic E-state index is 13.0. The lowest BCUT2D eigenvalue weighted by Crippen LogP contribution is -2.42. The first kappa shape index (κ1) is 25.3. The summed E-state index contributed by atoms with van der Waals surface area (Å²) in [6, 6.07) is 14.4. The van der Waals surface area contributed by atoms with Crippen LogP contribution in [0.15, 0.2) is 48.5 Å². The average Bonchev–Trinajstić information content (AvgIpc) is 3.36. The van der Waals surface area contributed by atoms with E-state index in [9.17, 15) is 18.0 Å². The summed E-state index contributed by atoms with van der Waals surface area (Å²) in [6.45, 7) is 3.70. The number of nitrogens with zero attached hydrogens (tertiary/aromatic N) is 1. The number of aryl methyl sites for hydroxylation is 1. The Morgan fingerprint density at radius 3 is 2.54 bits per heavy atom. The second-order valence-electron chi connectivity index (χ2n) is 9.30. The molecule has 1 atom stereocenters. The Bertz CT molecular complexity index is 1150. The Hall–Kier alpha value is -2.75. The minimum atomic E-state index is -3.45. The van der Waals surface area contributed by atoms with E-state index >= 15 is 0 Å². The molecule has 0 unspecified atom stereocenters. The van der Waals surface area contributed by atoms with Crippen molar-refractivity contribution in [2.75, 3.05) is 31.6 Å². The van der Waals surface area contributed by atoms with Crippen molar-refractivity contribution in [1.82, 2.24) is 9.62 Å². The number of hydrogen-bond acceptors (Lipinski definition) is 5. The molecule has 9 heteroatoms. The maximum atomic E-state index is 13.0. The number of anilines is 1. The van der Waals surface area contributed by atoms with Crippen LogP contribution in [0.25, 0.3) is 0 Å². The van der Waals surface area contributed by atoms with Gasteiger partial charge in [-0.15, -0.1) is 0 Å². The number of nitrogens with one attached hydrogen (secondary N) is 2. The number of sulfonamides is 1. The fraction of sp³-hybridized carbons (Fsp3) is 0.462. The van der Waals surface area contributed by atoms with Crippen molar-refractivity contribution in [3.05, 3.63) is 65.2 Å². The molecular formula is C26H33N3O5S. The Morgan fingerprint density at radius 2 is 1.83 bits per heavy atom. The van der Waals surface area contributed by atoms with Crippen molar-refractivity contribution in [3.8, 4) is 0 Å². The number of para-hydroxylation sites is 1. The molecule has 2 aliphatic rings. The van der Waals surface area contributed by atoms with Gasteiger partial charge in [-0.2, -0.15) is 0 Å². The van der Waals surface area contributed by atoms with Crippen molar-refractivity contribution in [2.24, 2.45) is 5.92 Å². The third-order valence-electron chi connectivity index (χ3n) is 6.59. The van der Waals surface area contributed by atoms with Gasteiger partial charge in [0.25, 0.3) is 5.91 Å². The summed E-state index contributed by atoms with van der Waals surface area (Å²) in [5.74, 6) is -0.808. The van der Waals surface area contributed by atoms with Gasteiger partial charge in [0.15, 0.2) is 0 Å². The van der Waals surface area contributed by atoms with Gasteiger partial charge in [-0.25, -0.2) is 12.7 Å². The molecule has 2 aromatic rings. The molecule has 2 aromatic carbocycles. The van der Waals surface area contributed by atoms with Gasteiger partial charge >= 0.3 is 0 Å². The molecule has 35 heavy (non-hydrogen) atoms. The molecule has 2 amide bonds. The second kappa shape index (κ2) is 11.3. The van der Waals surface area contributed by atoms with Crippen LogP contribution in [-0.2, 0) is 25.3 Å². The third-order valence-corrected chi connectivity index (χ3v) is 8.44. The van der Waals surface area contributed by atoms with Crippen LogP contribution in [0.4, 0.5) is 5.69 Å². The van der Waals surface area contributed by atoms with Crippen LogP contribution in [-0.4, -0.2) is 56.9 Å². The molecule has 4 rings (SSSR count). The lowest BCUT2D eigenvalue weighted by molar-refractivity contribution is -0.120. The molecule has 0 radical (unpaired) electrons. The molecule has 0 saturated carbocycles. The number of rotatable bonds is 8. The zero-order valence-electron chi connectivity index (χ0n) is 20.0. The number of piperidine rings is 1.